The van der Waals surface area contributed by atoms with E-state index in [4.69, 9.17) is 17.3 Å². The Bertz CT molecular complexity index is 1220. The highest BCUT2D eigenvalue weighted by molar-refractivity contribution is 6.34. The number of nitrogens with zero attached hydrogens (tertiary/aromatic N) is 4. The summed E-state index contributed by atoms with van der Waals surface area (Å²) in [6.07, 6.45) is 1.99. The number of rotatable bonds is 4. The third kappa shape index (κ3) is 3.71. The fraction of sp³-hybridized carbons (Fsp3) is 0.304. The van der Waals surface area contributed by atoms with Crippen LogP contribution in [-0.4, -0.2) is 63.3 Å². The number of hydrogen-bond donors (Lipinski definition) is 1. The van der Waals surface area contributed by atoms with E-state index in [-0.39, 0.29) is 23.4 Å². The minimum absolute atomic E-state index is 0.0494. The Labute approximate surface area is 189 Å². The van der Waals surface area contributed by atoms with Crippen LogP contribution in [0.3, 0.4) is 0 Å². The van der Waals surface area contributed by atoms with E-state index in [0.717, 1.165) is 18.4 Å². The summed E-state index contributed by atoms with van der Waals surface area (Å²) in [5.74, 6) is -0.225. The van der Waals surface area contributed by atoms with Gasteiger partial charge in [-0.05, 0) is 43.2 Å². The molecule has 1 aromatic carbocycles. The van der Waals surface area contributed by atoms with Crippen LogP contribution in [0.2, 0.25) is 5.02 Å². The Hall–Kier alpha value is -3.39. The average molecular weight is 452 g/mol. The van der Waals surface area contributed by atoms with E-state index in [1.807, 2.05) is 17.0 Å². The maximum Gasteiger partial charge on any atom is 0.267 e. The Morgan fingerprint density at radius 2 is 1.59 bits per heavy atom. The zero-order valence-corrected chi connectivity index (χ0v) is 18.1. The van der Waals surface area contributed by atoms with E-state index in [1.165, 1.54) is 10.6 Å². The van der Waals surface area contributed by atoms with Crippen LogP contribution in [0, 0.1) is 5.92 Å². The van der Waals surface area contributed by atoms with E-state index >= 15 is 0 Å². The monoisotopic (exact) mass is 451 g/mol. The molecule has 2 fully saturated rings. The molecule has 0 spiro atoms. The maximum atomic E-state index is 12.9. The van der Waals surface area contributed by atoms with Crippen molar-refractivity contribution in [3.05, 3.63) is 58.7 Å². The smallest absolute Gasteiger partial charge is 0.267 e. The van der Waals surface area contributed by atoms with Gasteiger partial charge in [-0.1, -0.05) is 23.7 Å². The Balaban J connectivity index is 1.31. The highest BCUT2D eigenvalue weighted by atomic mass is 35.5. The summed E-state index contributed by atoms with van der Waals surface area (Å²) in [6, 6.07) is 12.3. The predicted octanol–water partition coefficient (Wildman–Crippen LogP) is 2.45. The van der Waals surface area contributed by atoms with E-state index in [2.05, 4.69) is 5.10 Å². The molecule has 9 heteroatoms. The summed E-state index contributed by atoms with van der Waals surface area (Å²) in [5.41, 5.74) is 8.23. The summed E-state index contributed by atoms with van der Waals surface area (Å²) < 4.78 is 1.43. The van der Waals surface area contributed by atoms with Crippen LogP contribution < -0.4 is 5.73 Å². The van der Waals surface area contributed by atoms with Crippen LogP contribution in [0.15, 0.2) is 42.5 Å². The molecule has 32 heavy (non-hydrogen) atoms. The zero-order chi connectivity index (χ0) is 22.4. The van der Waals surface area contributed by atoms with E-state index in [1.54, 1.807) is 29.2 Å². The minimum Gasteiger partial charge on any atom is -0.364 e. The van der Waals surface area contributed by atoms with Crippen molar-refractivity contribution in [3.8, 4) is 11.3 Å². The Morgan fingerprint density at radius 1 is 0.938 bits per heavy atom. The third-order valence-electron chi connectivity index (χ3n) is 6.06. The molecule has 164 valence electrons. The van der Waals surface area contributed by atoms with Crippen LogP contribution in [0.4, 0.5) is 0 Å². The molecule has 0 bridgehead atoms. The second-order valence-corrected chi connectivity index (χ2v) is 8.63. The lowest BCUT2D eigenvalue weighted by Gasteiger charge is -2.35. The topological polar surface area (TPSA) is 101 Å². The molecule has 1 saturated carbocycles. The number of amides is 3. The van der Waals surface area contributed by atoms with Crippen molar-refractivity contribution in [2.75, 3.05) is 26.2 Å². The maximum absolute atomic E-state index is 12.9. The molecular weight excluding hydrogens is 430 g/mol. The number of primary amides is 1. The number of nitrogens with two attached hydrogens (primary N) is 1. The first kappa shape index (κ1) is 20.5. The number of halogens is 1. The molecule has 2 aliphatic rings. The van der Waals surface area contributed by atoms with Crippen molar-refractivity contribution in [1.82, 2.24) is 19.4 Å². The highest BCUT2D eigenvalue weighted by Crippen LogP contribution is 2.31. The van der Waals surface area contributed by atoms with Crippen LogP contribution >= 0.6 is 11.6 Å². The zero-order valence-electron chi connectivity index (χ0n) is 17.3. The van der Waals surface area contributed by atoms with Gasteiger partial charge in [0.05, 0.1) is 16.2 Å². The number of piperazine rings is 1. The Morgan fingerprint density at radius 3 is 2.22 bits per heavy atom. The highest BCUT2D eigenvalue weighted by Gasteiger charge is 2.35. The van der Waals surface area contributed by atoms with Crippen molar-refractivity contribution >= 4 is 34.8 Å². The van der Waals surface area contributed by atoms with Crippen LogP contribution in [0.25, 0.3) is 16.8 Å². The molecule has 0 unspecified atom stereocenters. The van der Waals surface area contributed by atoms with Gasteiger partial charge in [-0.3, -0.25) is 14.4 Å². The largest absolute Gasteiger partial charge is 0.364 e. The van der Waals surface area contributed by atoms with Crippen LogP contribution in [0.1, 0.15) is 33.7 Å². The SMILES string of the molecule is NC(=O)c1cc(Cl)c2ccc(-c3ccc(C(=O)N4CCN(C(=O)C5CC5)CC4)cc3)nn12. The molecular formula is C23H22ClN5O3. The number of fused-ring (bicyclic) bond motifs is 1. The second-order valence-electron chi connectivity index (χ2n) is 8.23. The fourth-order valence-electron chi connectivity index (χ4n) is 4.06. The van der Waals surface area contributed by atoms with Crippen molar-refractivity contribution in [2.24, 2.45) is 11.7 Å². The van der Waals surface area contributed by atoms with Crippen molar-refractivity contribution in [3.63, 3.8) is 0 Å². The minimum atomic E-state index is -0.614. The van der Waals surface area contributed by atoms with Gasteiger partial charge in [0.25, 0.3) is 11.8 Å². The molecule has 3 heterocycles. The molecule has 2 aromatic heterocycles. The molecule has 1 aliphatic carbocycles. The van der Waals surface area contributed by atoms with Crippen molar-refractivity contribution < 1.29 is 14.4 Å². The number of aromatic nitrogens is 2. The Kier molecular flexibility index (Phi) is 5.09. The standard InChI is InChI=1S/C23H22ClN5O3/c24-17-13-20(21(25)30)29-19(17)8-7-18(26-29)14-1-3-15(4-2-14)22(31)27-9-11-28(12-10-27)23(32)16-5-6-16/h1-4,7-8,13,16H,5-6,9-12H2,(H2,25,30). The number of carbonyl (C=O) groups is 3. The van der Waals surface area contributed by atoms with E-state index in [0.29, 0.717) is 48.0 Å². The van der Waals surface area contributed by atoms with Gasteiger partial charge in [0.1, 0.15) is 5.69 Å². The number of hydrogen-bond acceptors (Lipinski definition) is 4. The molecule has 1 saturated heterocycles. The summed E-state index contributed by atoms with van der Waals surface area (Å²) in [6.45, 7) is 2.26. The predicted molar refractivity (Wildman–Crippen MR) is 119 cm³/mol. The van der Waals surface area contributed by atoms with Crippen LogP contribution in [0.5, 0.6) is 0 Å². The van der Waals surface area contributed by atoms with Gasteiger partial charge in [-0.15, -0.1) is 0 Å². The second kappa shape index (κ2) is 7.94. The lowest BCUT2D eigenvalue weighted by Crippen LogP contribution is -2.51. The molecule has 0 radical (unpaired) electrons. The summed E-state index contributed by atoms with van der Waals surface area (Å²) in [4.78, 5) is 40.4. The first-order valence-corrected chi connectivity index (χ1v) is 11.0. The molecule has 1 aliphatic heterocycles. The number of carbonyl (C=O) groups excluding carboxylic acids is 3. The molecule has 5 rings (SSSR count). The third-order valence-corrected chi connectivity index (χ3v) is 6.36. The summed E-state index contributed by atoms with van der Waals surface area (Å²) in [7, 11) is 0. The van der Waals surface area contributed by atoms with Gasteiger partial charge in [-0.25, -0.2) is 4.52 Å². The lowest BCUT2D eigenvalue weighted by atomic mass is 10.1. The lowest BCUT2D eigenvalue weighted by molar-refractivity contribution is -0.134. The van der Waals surface area contributed by atoms with Gasteiger partial charge < -0.3 is 15.5 Å². The van der Waals surface area contributed by atoms with Gasteiger partial charge >= 0.3 is 0 Å². The van der Waals surface area contributed by atoms with Gasteiger partial charge in [0, 0.05) is 43.2 Å². The molecule has 8 nitrogen and oxygen atoms in total. The fourth-order valence-corrected chi connectivity index (χ4v) is 4.30. The normalized spacial score (nSPS) is 16.4. The van der Waals surface area contributed by atoms with E-state index in [9.17, 15) is 14.4 Å². The summed E-state index contributed by atoms with van der Waals surface area (Å²) in [5, 5.41) is 4.90. The quantitative estimate of drug-likeness (QED) is 0.658. The number of benzene rings is 1. The first-order chi connectivity index (χ1) is 15.4. The van der Waals surface area contributed by atoms with Crippen molar-refractivity contribution in [2.45, 2.75) is 12.8 Å². The molecule has 0 atom stereocenters. The van der Waals surface area contributed by atoms with Gasteiger partial charge in [0.15, 0.2) is 0 Å². The van der Waals surface area contributed by atoms with E-state index < -0.39 is 5.91 Å². The first-order valence-electron chi connectivity index (χ1n) is 10.6. The molecule has 3 amide bonds. The van der Waals surface area contributed by atoms with Gasteiger partial charge in [0.2, 0.25) is 5.91 Å². The van der Waals surface area contributed by atoms with Crippen molar-refractivity contribution in [1.29, 1.82) is 0 Å². The van der Waals surface area contributed by atoms with Crippen LogP contribution in [-0.2, 0) is 4.79 Å². The average Bonchev–Trinajstić information content (AvgIpc) is 3.61. The molecule has 3 aromatic rings. The van der Waals surface area contributed by atoms with Gasteiger partial charge in [-0.2, -0.15) is 5.10 Å². The molecule has 2 N–H and O–H groups in total. The summed E-state index contributed by atoms with van der Waals surface area (Å²) >= 11 is 6.16.